The maximum Gasteiger partial charge on any atom is 0.239 e. The molecule has 1 amide bonds. The Balaban J connectivity index is 1.62. The van der Waals surface area contributed by atoms with Gasteiger partial charge in [-0.25, -0.2) is 4.99 Å². The Morgan fingerprint density at radius 2 is 1.81 bits per heavy atom. The predicted octanol–water partition coefficient (Wildman–Crippen LogP) is 4.14. The maximum atomic E-state index is 12.6. The van der Waals surface area contributed by atoms with E-state index < -0.39 is 0 Å². The highest BCUT2D eigenvalue weighted by Gasteiger charge is 2.30. The quantitative estimate of drug-likeness (QED) is 0.582. The fourth-order valence-corrected chi connectivity index (χ4v) is 4.62. The minimum absolute atomic E-state index is 0.0787. The van der Waals surface area contributed by atoms with Crippen molar-refractivity contribution in [1.29, 1.82) is 0 Å². The first-order valence-corrected chi connectivity index (χ1v) is 11.5. The Labute approximate surface area is 187 Å². The zero-order chi connectivity index (χ0) is 22.1. The summed E-state index contributed by atoms with van der Waals surface area (Å²) in [5.74, 6) is 0.491. The number of aliphatic imine (C=N–C) groups is 1. The molecule has 0 aliphatic carbocycles. The molecule has 162 valence electrons. The van der Waals surface area contributed by atoms with Crippen molar-refractivity contribution in [3.63, 3.8) is 0 Å². The van der Waals surface area contributed by atoms with Crippen LogP contribution >= 0.6 is 11.8 Å². The molecule has 1 saturated heterocycles. The SMILES string of the molecule is CCn1cc(CN2C(=O)CSC2=Nc2c(C)nn(Cc3ccccc3C)c2C)c(C)n1. The lowest BCUT2D eigenvalue weighted by Crippen LogP contribution is -2.29. The second kappa shape index (κ2) is 8.70. The zero-order valence-corrected chi connectivity index (χ0v) is 19.5. The molecular formula is C23H28N6OS. The highest BCUT2D eigenvalue weighted by Crippen LogP contribution is 2.30. The van der Waals surface area contributed by atoms with Crippen molar-refractivity contribution in [2.24, 2.45) is 4.99 Å². The van der Waals surface area contributed by atoms with E-state index in [-0.39, 0.29) is 5.91 Å². The van der Waals surface area contributed by atoms with Crippen molar-refractivity contribution in [2.75, 3.05) is 5.75 Å². The number of carbonyl (C=O) groups excluding carboxylic acids is 1. The molecule has 0 N–H and O–H groups in total. The normalized spacial score (nSPS) is 15.5. The minimum atomic E-state index is 0.0787. The number of amides is 1. The van der Waals surface area contributed by atoms with Gasteiger partial charge in [0.1, 0.15) is 5.69 Å². The third-order valence-corrected chi connectivity index (χ3v) is 6.65. The van der Waals surface area contributed by atoms with Crippen molar-refractivity contribution in [1.82, 2.24) is 24.5 Å². The smallest absolute Gasteiger partial charge is 0.239 e. The van der Waals surface area contributed by atoms with Gasteiger partial charge in [-0.2, -0.15) is 10.2 Å². The van der Waals surface area contributed by atoms with Crippen LogP contribution in [0.4, 0.5) is 5.69 Å². The van der Waals surface area contributed by atoms with Crippen molar-refractivity contribution < 1.29 is 4.79 Å². The van der Waals surface area contributed by atoms with Crippen molar-refractivity contribution in [2.45, 2.75) is 54.3 Å². The summed E-state index contributed by atoms with van der Waals surface area (Å²) in [6.45, 7) is 12.2. The monoisotopic (exact) mass is 436 g/mol. The van der Waals surface area contributed by atoms with E-state index in [9.17, 15) is 4.79 Å². The molecule has 0 saturated carbocycles. The van der Waals surface area contributed by atoms with Crippen molar-refractivity contribution in [3.05, 3.63) is 64.2 Å². The summed E-state index contributed by atoms with van der Waals surface area (Å²) in [5.41, 5.74) is 7.20. The first kappa shape index (κ1) is 21.4. The standard InChI is InChI=1S/C23H28N6OS/c1-6-27-11-20(16(3)25-27)12-28-21(30)14-31-23(28)24-22-17(4)26-29(18(22)5)13-19-10-8-7-9-15(19)2/h7-11H,6,12-14H2,1-5H3. The van der Waals surface area contributed by atoms with Crippen LogP contribution in [-0.2, 0) is 24.4 Å². The summed E-state index contributed by atoms with van der Waals surface area (Å²) >= 11 is 1.49. The molecule has 0 unspecified atom stereocenters. The largest absolute Gasteiger partial charge is 0.286 e. The summed E-state index contributed by atoms with van der Waals surface area (Å²) in [7, 11) is 0. The van der Waals surface area contributed by atoms with Crippen LogP contribution in [-0.4, -0.2) is 41.3 Å². The van der Waals surface area contributed by atoms with Gasteiger partial charge >= 0.3 is 0 Å². The molecule has 4 rings (SSSR count). The van der Waals surface area contributed by atoms with Gasteiger partial charge in [0.05, 0.1) is 35.9 Å². The second-order valence-electron chi connectivity index (χ2n) is 7.86. The molecule has 1 aliphatic rings. The molecule has 2 aromatic heterocycles. The molecule has 3 aromatic rings. The first-order valence-electron chi connectivity index (χ1n) is 10.5. The second-order valence-corrected chi connectivity index (χ2v) is 8.80. The molecule has 1 fully saturated rings. The van der Waals surface area contributed by atoms with E-state index in [1.165, 1.54) is 22.9 Å². The Morgan fingerprint density at radius 1 is 1.03 bits per heavy atom. The van der Waals surface area contributed by atoms with Gasteiger partial charge in [-0.1, -0.05) is 36.0 Å². The van der Waals surface area contributed by atoms with Gasteiger partial charge in [0.25, 0.3) is 0 Å². The molecule has 1 aromatic carbocycles. The lowest BCUT2D eigenvalue weighted by atomic mass is 10.1. The average Bonchev–Trinajstić information content (AvgIpc) is 3.36. The van der Waals surface area contributed by atoms with E-state index in [0.717, 1.165) is 40.0 Å². The lowest BCUT2D eigenvalue weighted by Gasteiger charge is -2.15. The zero-order valence-electron chi connectivity index (χ0n) is 18.7. The fourth-order valence-electron chi connectivity index (χ4n) is 3.73. The van der Waals surface area contributed by atoms with Gasteiger partial charge < -0.3 is 0 Å². The van der Waals surface area contributed by atoms with E-state index in [4.69, 9.17) is 10.1 Å². The number of carbonyl (C=O) groups is 1. The molecule has 8 heteroatoms. The number of thioether (sulfide) groups is 1. The van der Waals surface area contributed by atoms with Crippen molar-refractivity contribution in [3.8, 4) is 0 Å². The molecule has 0 bridgehead atoms. The topological polar surface area (TPSA) is 68.3 Å². The van der Waals surface area contributed by atoms with Crippen LogP contribution in [0.3, 0.4) is 0 Å². The molecule has 0 atom stereocenters. The molecular weight excluding hydrogens is 408 g/mol. The lowest BCUT2D eigenvalue weighted by molar-refractivity contribution is -0.124. The number of hydrogen-bond donors (Lipinski definition) is 0. The third kappa shape index (κ3) is 4.30. The molecule has 1 aliphatic heterocycles. The summed E-state index contributed by atoms with van der Waals surface area (Å²) in [5, 5.41) is 9.96. The summed E-state index contributed by atoms with van der Waals surface area (Å²) in [6, 6.07) is 8.34. The Hall–Kier alpha value is -2.87. The number of hydrogen-bond acceptors (Lipinski definition) is 5. The summed E-state index contributed by atoms with van der Waals surface area (Å²) < 4.78 is 3.90. The van der Waals surface area contributed by atoms with Gasteiger partial charge in [0.2, 0.25) is 5.91 Å². The Bertz CT molecular complexity index is 1160. The molecule has 0 radical (unpaired) electrons. The number of aromatic nitrogens is 4. The number of aryl methyl sites for hydroxylation is 4. The Kier molecular flexibility index (Phi) is 6.00. The summed E-state index contributed by atoms with van der Waals surface area (Å²) in [6.07, 6.45) is 2.01. The number of nitrogens with zero attached hydrogens (tertiary/aromatic N) is 6. The third-order valence-electron chi connectivity index (χ3n) is 5.69. The van der Waals surface area contributed by atoms with E-state index in [0.29, 0.717) is 18.8 Å². The number of amidine groups is 1. The molecule has 3 heterocycles. The van der Waals surface area contributed by atoms with Crippen LogP contribution in [0, 0.1) is 27.7 Å². The van der Waals surface area contributed by atoms with E-state index in [1.807, 2.05) is 42.4 Å². The van der Waals surface area contributed by atoms with Crippen LogP contribution in [0.1, 0.15) is 40.7 Å². The van der Waals surface area contributed by atoms with Crippen LogP contribution < -0.4 is 0 Å². The van der Waals surface area contributed by atoms with Crippen LogP contribution in [0.25, 0.3) is 0 Å². The van der Waals surface area contributed by atoms with E-state index >= 15 is 0 Å². The van der Waals surface area contributed by atoms with Gasteiger partial charge in [-0.15, -0.1) is 0 Å². The molecule has 31 heavy (non-hydrogen) atoms. The highest BCUT2D eigenvalue weighted by molar-refractivity contribution is 8.15. The predicted molar refractivity (Wildman–Crippen MR) is 125 cm³/mol. The number of rotatable bonds is 6. The van der Waals surface area contributed by atoms with Crippen LogP contribution in [0.15, 0.2) is 35.5 Å². The highest BCUT2D eigenvalue weighted by atomic mass is 32.2. The van der Waals surface area contributed by atoms with Crippen molar-refractivity contribution >= 4 is 28.5 Å². The Morgan fingerprint density at radius 3 is 2.52 bits per heavy atom. The minimum Gasteiger partial charge on any atom is -0.286 e. The number of benzene rings is 1. The van der Waals surface area contributed by atoms with Gasteiger partial charge in [0.15, 0.2) is 5.17 Å². The maximum absolute atomic E-state index is 12.6. The van der Waals surface area contributed by atoms with Gasteiger partial charge in [0, 0.05) is 18.3 Å². The molecule has 0 spiro atoms. The first-order chi connectivity index (χ1) is 14.9. The summed E-state index contributed by atoms with van der Waals surface area (Å²) in [4.78, 5) is 19.3. The average molecular weight is 437 g/mol. The molecule has 7 nitrogen and oxygen atoms in total. The fraction of sp³-hybridized carbons (Fsp3) is 0.391. The van der Waals surface area contributed by atoms with Gasteiger partial charge in [-0.05, 0) is 45.7 Å². The van der Waals surface area contributed by atoms with Crippen LogP contribution in [0.2, 0.25) is 0 Å². The van der Waals surface area contributed by atoms with E-state index in [2.05, 4.69) is 37.1 Å². The van der Waals surface area contributed by atoms with E-state index in [1.54, 1.807) is 4.90 Å². The van der Waals surface area contributed by atoms with Crippen LogP contribution in [0.5, 0.6) is 0 Å². The van der Waals surface area contributed by atoms with Gasteiger partial charge in [-0.3, -0.25) is 19.1 Å².